The third-order valence-corrected chi connectivity index (χ3v) is 9.47. The zero-order valence-electron chi connectivity index (χ0n) is 24.1. The van der Waals surface area contributed by atoms with E-state index in [1.807, 2.05) is 43.3 Å². The molecule has 7 N–H and O–H groups in total. The molecule has 0 bridgehead atoms. The van der Waals surface area contributed by atoms with Crippen LogP contribution in [0.4, 0.5) is 17.2 Å². The second-order valence-corrected chi connectivity index (χ2v) is 13.0. The minimum atomic E-state index is -3.70. The SMILES string of the molecule is CN(C)c1cccc2c(S(=O)(=O)NCCCCN[C]3Nc4c(n(C5OC(CN6CC6)C(O)C5O)cnc4=N)N3)cccc12. The smallest absolute Gasteiger partial charge is 0.241 e. The van der Waals surface area contributed by atoms with Crippen molar-refractivity contribution in [2.75, 3.05) is 62.4 Å². The largest absolute Gasteiger partial charge is 0.387 e. The summed E-state index contributed by atoms with van der Waals surface area (Å²) < 4.78 is 36.6. The Kier molecular flexibility index (Phi) is 8.30. The van der Waals surface area contributed by atoms with Crippen LogP contribution in [0.3, 0.4) is 0 Å². The Balaban J connectivity index is 1.01. The van der Waals surface area contributed by atoms with Gasteiger partial charge in [-0.2, -0.15) is 0 Å². The number of unbranched alkanes of at least 4 members (excludes halogenated alkanes) is 1. The molecule has 14 nitrogen and oxygen atoms in total. The third kappa shape index (κ3) is 6.06. The Morgan fingerprint density at radius 3 is 2.58 bits per heavy atom. The number of benzene rings is 2. The van der Waals surface area contributed by atoms with Crippen LogP contribution < -0.4 is 31.1 Å². The van der Waals surface area contributed by atoms with E-state index in [0.29, 0.717) is 49.1 Å². The van der Waals surface area contributed by atoms with Gasteiger partial charge >= 0.3 is 0 Å². The van der Waals surface area contributed by atoms with Crippen LogP contribution in [-0.2, 0) is 14.8 Å². The number of ether oxygens (including phenoxy) is 1. The lowest BCUT2D eigenvalue weighted by atomic mass is 10.1. The fourth-order valence-corrected chi connectivity index (χ4v) is 6.83. The van der Waals surface area contributed by atoms with E-state index in [1.165, 1.54) is 6.33 Å². The molecule has 1 radical (unpaired) electrons. The fourth-order valence-electron chi connectivity index (χ4n) is 5.54. The number of fused-ring (bicyclic) bond motifs is 2. The molecular formula is C28H38N9O5S. The molecule has 6 rings (SSSR count). The molecule has 231 valence electrons. The summed E-state index contributed by atoms with van der Waals surface area (Å²) in [6, 6.07) is 11.0. The van der Waals surface area contributed by atoms with Crippen molar-refractivity contribution in [1.29, 1.82) is 5.41 Å². The first-order chi connectivity index (χ1) is 20.6. The number of nitrogens with zero attached hydrogens (tertiary/aromatic N) is 4. The molecule has 4 unspecified atom stereocenters. The van der Waals surface area contributed by atoms with Gasteiger partial charge in [0.15, 0.2) is 11.7 Å². The Labute approximate surface area is 250 Å². The van der Waals surface area contributed by atoms with Crippen LogP contribution in [0.2, 0.25) is 0 Å². The van der Waals surface area contributed by atoms with Gasteiger partial charge in [-0.1, -0.05) is 24.3 Å². The van der Waals surface area contributed by atoms with Gasteiger partial charge in [0.25, 0.3) is 0 Å². The highest BCUT2D eigenvalue weighted by Crippen LogP contribution is 2.36. The Morgan fingerprint density at radius 2 is 1.81 bits per heavy atom. The number of hydrogen-bond acceptors (Lipinski definition) is 12. The molecule has 2 aromatic carbocycles. The second kappa shape index (κ2) is 12.0. The van der Waals surface area contributed by atoms with Gasteiger partial charge in [0.2, 0.25) is 16.3 Å². The monoisotopic (exact) mass is 612 g/mol. The summed E-state index contributed by atoms with van der Waals surface area (Å²) in [5.41, 5.74) is 1.39. The average Bonchev–Trinajstić information content (AvgIpc) is 3.63. The summed E-state index contributed by atoms with van der Waals surface area (Å²) in [5.74, 6) is 0.492. The maximum Gasteiger partial charge on any atom is 0.241 e. The Morgan fingerprint density at radius 1 is 1.07 bits per heavy atom. The molecule has 3 aromatic rings. The number of aromatic nitrogens is 2. The first-order valence-electron chi connectivity index (χ1n) is 14.4. The van der Waals surface area contributed by atoms with E-state index in [1.54, 1.807) is 16.7 Å². The van der Waals surface area contributed by atoms with Gasteiger partial charge in [0.1, 0.15) is 36.1 Å². The van der Waals surface area contributed by atoms with Crippen molar-refractivity contribution >= 4 is 38.0 Å². The summed E-state index contributed by atoms with van der Waals surface area (Å²) in [5, 5.41) is 40.6. The van der Waals surface area contributed by atoms with Crippen molar-refractivity contribution < 1.29 is 23.4 Å². The highest BCUT2D eigenvalue weighted by molar-refractivity contribution is 7.89. The van der Waals surface area contributed by atoms with Crippen LogP contribution in [0.15, 0.2) is 47.6 Å². The third-order valence-electron chi connectivity index (χ3n) is 7.95. The summed E-state index contributed by atoms with van der Waals surface area (Å²) in [4.78, 5) is 8.46. The molecule has 4 atom stereocenters. The first-order valence-corrected chi connectivity index (χ1v) is 15.9. The van der Waals surface area contributed by atoms with E-state index in [9.17, 15) is 18.6 Å². The lowest BCUT2D eigenvalue weighted by Gasteiger charge is -2.21. The lowest BCUT2D eigenvalue weighted by molar-refractivity contribution is -0.0391. The van der Waals surface area contributed by atoms with Crippen LogP contribution in [0.5, 0.6) is 0 Å². The number of rotatable bonds is 12. The molecule has 15 heteroatoms. The molecular weight excluding hydrogens is 574 g/mol. The van der Waals surface area contributed by atoms with Crippen molar-refractivity contribution in [1.82, 2.24) is 24.5 Å². The predicted octanol–water partition coefficient (Wildman–Crippen LogP) is 0.149. The van der Waals surface area contributed by atoms with Gasteiger partial charge in [0, 0.05) is 56.7 Å². The van der Waals surface area contributed by atoms with E-state index in [4.69, 9.17) is 10.1 Å². The van der Waals surface area contributed by atoms with Crippen molar-refractivity contribution in [2.45, 2.75) is 42.3 Å². The van der Waals surface area contributed by atoms with E-state index < -0.39 is 34.6 Å². The molecule has 43 heavy (non-hydrogen) atoms. The number of nitrogens with one attached hydrogen (secondary N) is 5. The van der Waals surface area contributed by atoms with Gasteiger partial charge in [-0.05, 0) is 31.5 Å². The maximum atomic E-state index is 13.2. The number of aliphatic hydroxyl groups excluding tert-OH is 2. The molecule has 3 aliphatic heterocycles. The van der Waals surface area contributed by atoms with Crippen molar-refractivity contribution in [3.8, 4) is 0 Å². The second-order valence-electron chi connectivity index (χ2n) is 11.3. The highest BCUT2D eigenvalue weighted by atomic mass is 32.2. The zero-order valence-corrected chi connectivity index (χ0v) is 24.9. The molecule has 1 aromatic heterocycles. The average molecular weight is 613 g/mol. The predicted molar refractivity (Wildman–Crippen MR) is 162 cm³/mol. The molecule has 0 spiro atoms. The summed E-state index contributed by atoms with van der Waals surface area (Å²) in [7, 11) is 0.156. The molecule has 2 fully saturated rings. The summed E-state index contributed by atoms with van der Waals surface area (Å²) in [6.07, 6.45) is -0.338. The van der Waals surface area contributed by atoms with Crippen LogP contribution in [0.25, 0.3) is 10.8 Å². The molecule has 4 heterocycles. The Hall–Kier alpha value is -3.31. The standard InChI is InChI=1S/C28H38N9O5S/c1-35(2)19-9-5-8-18-17(19)7-6-10-21(18)43(40,41)32-12-4-3-11-30-28-33-22-25(29)31-16-37(26(22)34-28)27-24(39)23(38)20(42-27)15-36-13-14-36/h5-10,16,20,23-24,27,29-30,32-34,38-39H,3-4,11-15H2,1-2H3. The minimum absolute atomic E-state index is 0.0183. The quantitative estimate of drug-likeness (QED) is 0.109. The number of sulfonamides is 1. The van der Waals surface area contributed by atoms with Gasteiger partial charge in [0.05, 0.1) is 4.90 Å². The van der Waals surface area contributed by atoms with Crippen LogP contribution in [0.1, 0.15) is 19.1 Å². The van der Waals surface area contributed by atoms with Crippen LogP contribution >= 0.6 is 0 Å². The fraction of sp³-hybridized carbons (Fsp3) is 0.464. The van der Waals surface area contributed by atoms with E-state index in [2.05, 4.69) is 30.6 Å². The van der Waals surface area contributed by atoms with E-state index in [0.717, 1.165) is 24.2 Å². The molecule has 0 amide bonds. The minimum Gasteiger partial charge on any atom is -0.387 e. The lowest BCUT2D eigenvalue weighted by Crippen LogP contribution is -2.35. The van der Waals surface area contributed by atoms with E-state index >= 15 is 0 Å². The van der Waals surface area contributed by atoms with Gasteiger partial charge in [-0.25, -0.2) is 18.1 Å². The molecule has 2 saturated heterocycles. The maximum absolute atomic E-state index is 13.2. The van der Waals surface area contributed by atoms with Gasteiger partial charge in [-0.3, -0.25) is 20.2 Å². The highest BCUT2D eigenvalue weighted by Gasteiger charge is 2.46. The van der Waals surface area contributed by atoms with Crippen LogP contribution in [0, 0.1) is 11.7 Å². The van der Waals surface area contributed by atoms with Crippen molar-refractivity contribution in [3.63, 3.8) is 0 Å². The summed E-state index contributed by atoms with van der Waals surface area (Å²) >= 11 is 0. The molecule has 0 aliphatic carbocycles. The number of anilines is 3. The Bertz CT molecular complexity index is 1650. The van der Waals surface area contributed by atoms with Crippen molar-refractivity contribution in [2.24, 2.45) is 0 Å². The molecule has 0 saturated carbocycles. The summed E-state index contributed by atoms with van der Waals surface area (Å²) in [6.45, 7) is 3.26. The molecule has 3 aliphatic rings. The number of hydrogen-bond donors (Lipinski definition) is 7. The topological polar surface area (TPSA) is 180 Å². The number of aliphatic hydroxyl groups is 2. The first kappa shape index (κ1) is 29.7. The van der Waals surface area contributed by atoms with Gasteiger partial charge in [-0.15, -0.1) is 0 Å². The van der Waals surface area contributed by atoms with E-state index in [-0.39, 0.29) is 16.9 Å². The van der Waals surface area contributed by atoms with Crippen molar-refractivity contribution in [3.05, 3.63) is 54.5 Å². The zero-order chi connectivity index (χ0) is 30.3. The van der Waals surface area contributed by atoms with Gasteiger partial charge < -0.3 is 30.5 Å². The normalized spacial score (nSPS) is 23.7. The van der Waals surface area contributed by atoms with Crippen LogP contribution in [-0.4, -0.2) is 98.2 Å².